The Hall–Kier alpha value is -0.820. The predicted molar refractivity (Wildman–Crippen MR) is 59.6 cm³/mol. The largest absolute Gasteiger partial charge is 0.453 e. The molecule has 1 aliphatic heterocycles. The first-order chi connectivity index (χ1) is 6.65. The van der Waals surface area contributed by atoms with Crippen LogP contribution < -0.4 is 0 Å². The second-order valence-electron chi connectivity index (χ2n) is 4.58. The summed E-state index contributed by atoms with van der Waals surface area (Å²) in [5.74, 6) is 0. The van der Waals surface area contributed by atoms with Crippen LogP contribution in [0.15, 0.2) is 24.3 Å². The van der Waals surface area contributed by atoms with Crippen molar-refractivity contribution in [3.05, 3.63) is 42.4 Å². The highest BCUT2D eigenvalue weighted by atomic mass is 15.3. The van der Waals surface area contributed by atoms with E-state index in [-0.39, 0.29) is 0 Å². The second-order valence-corrected chi connectivity index (χ2v) is 4.58. The molecular formula is C13H19N. The third kappa shape index (κ3) is 1.46. The van der Waals surface area contributed by atoms with E-state index in [1.807, 2.05) is 0 Å². The van der Waals surface area contributed by atoms with Crippen molar-refractivity contribution < 1.29 is 4.48 Å². The van der Waals surface area contributed by atoms with Crippen LogP contribution in [0.4, 0.5) is 0 Å². The van der Waals surface area contributed by atoms with Gasteiger partial charge in [0, 0.05) is 19.0 Å². The molecule has 0 unspecified atom stereocenters. The molecule has 1 aromatic rings. The molecule has 1 aromatic carbocycles. The van der Waals surface area contributed by atoms with Gasteiger partial charge in [-0.05, 0) is 12.0 Å². The molecule has 0 radical (unpaired) electrons. The quantitative estimate of drug-likeness (QED) is 0.470. The molecule has 1 nitrogen and oxygen atoms in total. The molecule has 1 heteroatoms. The van der Waals surface area contributed by atoms with E-state index in [1.165, 1.54) is 24.0 Å². The Morgan fingerprint density at radius 2 is 2.14 bits per heavy atom. The Morgan fingerprint density at radius 3 is 2.86 bits per heavy atom. The minimum atomic E-state index is 0.583. The van der Waals surface area contributed by atoms with E-state index >= 15 is 0 Å². The van der Waals surface area contributed by atoms with Crippen LogP contribution in [-0.4, -0.2) is 18.1 Å². The number of quaternary nitrogens is 1. The first-order valence-electron chi connectivity index (χ1n) is 5.42. The summed E-state index contributed by atoms with van der Waals surface area (Å²) >= 11 is 0. The van der Waals surface area contributed by atoms with Crippen LogP contribution in [0.1, 0.15) is 30.5 Å². The topological polar surface area (TPSA) is 0 Å². The first kappa shape index (κ1) is 9.72. The summed E-state index contributed by atoms with van der Waals surface area (Å²) in [5, 5.41) is 0. The lowest BCUT2D eigenvalue weighted by Crippen LogP contribution is -2.45. The van der Waals surface area contributed by atoms with E-state index in [2.05, 4.69) is 45.3 Å². The van der Waals surface area contributed by atoms with Crippen molar-refractivity contribution in [2.75, 3.05) is 13.6 Å². The molecule has 2 rings (SSSR count). The molecular weight excluding hydrogens is 170 g/mol. The Kier molecular flexibility index (Phi) is 2.36. The summed E-state index contributed by atoms with van der Waals surface area (Å²) in [6.45, 7) is 3.42. The van der Waals surface area contributed by atoms with E-state index in [4.69, 9.17) is 0 Å². The Bertz CT molecular complexity index is 328. The average molecular weight is 189 g/mol. The van der Waals surface area contributed by atoms with E-state index in [0.717, 1.165) is 11.0 Å². The maximum atomic E-state index is 4.32. The van der Waals surface area contributed by atoms with Crippen LogP contribution >= 0.6 is 0 Å². The Labute approximate surface area is 86.9 Å². The van der Waals surface area contributed by atoms with Gasteiger partial charge in [-0.1, -0.05) is 31.2 Å². The van der Waals surface area contributed by atoms with E-state index in [0.29, 0.717) is 6.04 Å². The monoisotopic (exact) mass is 189 g/mol. The van der Waals surface area contributed by atoms with Crippen LogP contribution in [-0.2, 0) is 6.42 Å². The minimum absolute atomic E-state index is 0.583. The Morgan fingerprint density at radius 1 is 1.43 bits per heavy atom. The maximum Gasteiger partial charge on any atom is 0.0904 e. The molecule has 0 fully saturated rings. The van der Waals surface area contributed by atoms with Crippen LogP contribution in [0.2, 0.25) is 0 Å². The summed E-state index contributed by atoms with van der Waals surface area (Å²) in [4.78, 5) is 0. The lowest BCUT2D eigenvalue weighted by Gasteiger charge is -2.49. The summed E-state index contributed by atoms with van der Waals surface area (Å²) in [5.41, 5.74) is 3.04. The molecule has 0 aliphatic carbocycles. The van der Waals surface area contributed by atoms with Gasteiger partial charge in [0.15, 0.2) is 0 Å². The van der Waals surface area contributed by atoms with Crippen molar-refractivity contribution in [2.24, 2.45) is 0 Å². The van der Waals surface area contributed by atoms with Gasteiger partial charge >= 0.3 is 0 Å². The number of hydrogen-bond acceptors (Lipinski definition) is 0. The number of likely N-dealkylation sites (N-methyl/N-ethyl adjacent to an activating group) is 1. The fraction of sp³-hybridized carbons (Fsp3) is 0.462. The molecule has 2 atom stereocenters. The molecule has 0 spiro atoms. The van der Waals surface area contributed by atoms with Crippen LogP contribution in [0.25, 0.3) is 0 Å². The van der Waals surface area contributed by atoms with Crippen LogP contribution in [0, 0.1) is 7.05 Å². The molecule has 76 valence electrons. The Balaban J connectivity index is 2.45. The van der Waals surface area contributed by atoms with Gasteiger partial charge in [-0.3, -0.25) is 0 Å². The molecule has 0 N–H and O–H groups in total. The summed E-state index contributed by atoms with van der Waals surface area (Å²) in [6.07, 6.45) is 2.35. The smallest absolute Gasteiger partial charge is 0.0904 e. The molecule has 14 heavy (non-hydrogen) atoms. The zero-order valence-corrected chi connectivity index (χ0v) is 9.16. The van der Waals surface area contributed by atoms with Gasteiger partial charge in [0.05, 0.1) is 12.6 Å². The van der Waals surface area contributed by atoms with Gasteiger partial charge in [0.1, 0.15) is 0 Å². The molecule has 1 heterocycles. The number of fused-ring (bicyclic) bond motifs is 1. The standard InChI is InChI=1S/C13H19N/c1-4-13-12-8-6-5-7-11(12)9-10-14(13,2)3/h5-8,13H,2,4,9-10H2,1,3H3/t13-,14-/m0/s1. The van der Waals surface area contributed by atoms with Gasteiger partial charge in [-0.15, -0.1) is 7.05 Å². The highest BCUT2D eigenvalue weighted by molar-refractivity contribution is 5.30. The fourth-order valence-electron chi connectivity index (χ4n) is 2.62. The van der Waals surface area contributed by atoms with E-state index in [9.17, 15) is 0 Å². The molecule has 0 amide bonds. The van der Waals surface area contributed by atoms with Gasteiger partial charge in [0.25, 0.3) is 0 Å². The van der Waals surface area contributed by atoms with Gasteiger partial charge in [-0.25, -0.2) is 0 Å². The number of benzene rings is 1. The molecule has 0 aromatic heterocycles. The van der Waals surface area contributed by atoms with Crippen molar-refractivity contribution >= 4 is 0 Å². The summed E-state index contributed by atoms with van der Waals surface area (Å²) in [7, 11) is 6.56. The third-order valence-corrected chi connectivity index (χ3v) is 3.45. The van der Waals surface area contributed by atoms with E-state index in [1.54, 1.807) is 0 Å². The van der Waals surface area contributed by atoms with E-state index < -0.39 is 0 Å². The predicted octanol–water partition coefficient (Wildman–Crippen LogP) is 2.93. The SMILES string of the molecule is [CH2-][N@+]1(C)CCc2ccccc2[C@@H]1CC. The van der Waals surface area contributed by atoms with Crippen molar-refractivity contribution in [1.82, 2.24) is 0 Å². The van der Waals surface area contributed by atoms with Gasteiger partial charge in [0.2, 0.25) is 0 Å². The zero-order valence-electron chi connectivity index (χ0n) is 9.16. The summed E-state index contributed by atoms with van der Waals surface area (Å²) < 4.78 is 0.896. The lowest BCUT2D eigenvalue weighted by atomic mass is 9.90. The summed E-state index contributed by atoms with van der Waals surface area (Å²) in [6, 6.07) is 9.40. The maximum absolute atomic E-state index is 4.32. The van der Waals surface area contributed by atoms with Crippen molar-refractivity contribution in [2.45, 2.75) is 25.8 Å². The van der Waals surface area contributed by atoms with Crippen molar-refractivity contribution in [3.63, 3.8) is 0 Å². The second kappa shape index (κ2) is 3.39. The number of hydrogen-bond donors (Lipinski definition) is 0. The van der Waals surface area contributed by atoms with Crippen molar-refractivity contribution in [1.29, 1.82) is 0 Å². The zero-order chi connectivity index (χ0) is 10.2. The van der Waals surface area contributed by atoms with Crippen LogP contribution in [0.5, 0.6) is 0 Å². The van der Waals surface area contributed by atoms with Gasteiger partial charge in [-0.2, -0.15) is 0 Å². The molecule has 0 bridgehead atoms. The van der Waals surface area contributed by atoms with Gasteiger partial charge < -0.3 is 4.48 Å². The van der Waals surface area contributed by atoms with Crippen LogP contribution in [0.3, 0.4) is 0 Å². The fourth-order valence-corrected chi connectivity index (χ4v) is 2.62. The normalized spacial score (nSPS) is 31.2. The third-order valence-electron chi connectivity index (χ3n) is 3.45. The number of nitrogens with zero attached hydrogens (tertiary/aromatic N) is 1. The molecule has 0 saturated carbocycles. The molecule has 0 saturated heterocycles. The lowest BCUT2D eigenvalue weighted by molar-refractivity contribution is -0.900. The highest BCUT2D eigenvalue weighted by Gasteiger charge is 2.29. The van der Waals surface area contributed by atoms with Crippen molar-refractivity contribution in [3.8, 4) is 0 Å². The first-order valence-corrected chi connectivity index (χ1v) is 5.42. The average Bonchev–Trinajstić information content (AvgIpc) is 2.17. The minimum Gasteiger partial charge on any atom is -0.453 e. The number of rotatable bonds is 1. The highest BCUT2D eigenvalue weighted by Crippen LogP contribution is 2.35. The molecule has 1 aliphatic rings.